The molecule has 0 aliphatic heterocycles. The van der Waals surface area contributed by atoms with Crippen molar-refractivity contribution < 1.29 is 14.3 Å². The molecule has 0 amide bonds. The Morgan fingerprint density at radius 1 is 1.00 bits per heavy atom. The highest BCUT2D eigenvalue weighted by Crippen LogP contribution is 2.30. The Morgan fingerprint density at radius 2 is 1.74 bits per heavy atom. The largest absolute Gasteiger partial charge is 0.490 e. The Kier molecular flexibility index (Phi) is 6.39. The first-order valence-electron chi connectivity index (χ1n) is 8.49. The zero-order valence-electron chi connectivity index (χ0n) is 14.8. The molecule has 0 saturated heterocycles. The number of pyridine rings is 1. The van der Waals surface area contributed by atoms with Gasteiger partial charge in [-0.15, -0.1) is 0 Å². The number of hydrogen-bond donors (Lipinski definition) is 0. The van der Waals surface area contributed by atoms with E-state index < -0.39 is 5.97 Å². The van der Waals surface area contributed by atoms with Gasteiger partial charge in [-0.2, -0.15) is 0 Å². The van der Waals surface area contributed by atoms with Gasteiger partial charge in [0.2, 0.25) is 0 Å². The molecule has 0 aliphatic carbocycles. The topological polar surface area (TPSA) is 48.4 Å². The molecule has 0 unspecified atom stereocenters. The van der Waals surface area contributed by atoms with Gasteiger partial charge in [0.05, 0.1) is 12.2 Å². The van der Waals surface area contributed by atoms with Gasteiger partial charge in [-0.25, -0.2) is 4.79 Å². The van der Waals surface area contributed by atoms with Crippen LogP contribution in [0.25, 0.3) is 12.2 Å². The minimum atomic E-state index is -0.441. The molecule has 0 spiro atoms. The first-order valence-corrected chi connectivity index (χ1v) is 9.28. The molecule has 0 radical (unpaired) electrons. The molecule has 0 aliphatic rings. The van der Waals surface area contributed by atoms with Crippen LogP contribution >= 0.6 is 15.9 Å². The van der Waals surface area contributed by atoms with Gasteiger partial charge in [-0.05, 0) is 70.4 Å². The molecule has 2 aromatic carbocycles. The summed E-state index contributed by atoms with van der Waals surface area (Å²) in [7, 11) is 0. The summed E-state index contributed by atoms with van der Waals surface area (Å²) < 4.78 is 11.9. The normalized spacial score (nSPS) is 10.7. The van der Waals surface area contributed by atoms with Crippen LogP contribution in [0.1, 0.15) is 28.4 Å². The van der Waals surface area contributed by atoms with Crippen molar-refractivity contribution in [3.63, 3.8) is 0 Å². The summed E-state index contributed by atoms with van der Waals surface area (Å²) in [5.74, 6) is 0.469. The fourth-order valence-electron chi connectivity index (χ4n) is 2.43. The van der Waals surface area contributed by atoms with Crippen LogP contribution in [0.15, 0.2) is 71.5 Å². The van der Waals surface area contributed by atoms with E-state index in [1.165, 1.54) is 0 Å². The van der Waals surface area contributed by atoms with E-state index in [1.807, 2.05) is 49.4 Å². The monoisotopic (exact) mass is 423 g/mol. The molecule has 136 valence electrons. The summed E-state index contributed by atoms with van der Waals surface area (Å²) >= 11 is 3.37. The first-order chi connectivity index (χ1) is 13.2. The van der Waals surface area contributed by atoms with E-state index in [2.05, 4.69) is 20.9 Å². The third kappa shape index (κ3) is 5.05. The fraction of sp³-hybridized carbons (Fsp3) is 0.0909. The molecule has 5 heteroatoms. The van der Waals surface area contributed by atoms with Crippen molar-refractivity contribution in [1.82, 2.24) is 4.98 Å². The van der Waals surface area contributed by atoms with Crippen molar-refractivity contribution in [3.05, 3.63) is 88.2 Å². The van der Waals surface area contributed by atoms with Crippen LogP contribution in [-0.4, -0.2) is 17.6 Å². The Hall–Kier alpha value is -2.92. The third-order valence-electron chi connectivity index (χ3n) is 3.74. The van der Waals surface area contributed by atoms with E-state index in [-0.39, 0.29) is 0 Å². The quantitative estimate of drug-likeness (QED) is 0.380. The lowest BCUT2D eigenvalue weighted by atomic mass is 10.1. The zero-order chi connectivity index (χ0) is 19.1. The maximum absolute atomic E-state index is 12.5. The first kappa shape index (κ1) is 18.9. The molecule has 27 heavy (non-hydrogen) atoms. The summed E-state index contributed by atoms with van der Waals surface area (Å²) in [6.45, 7) is 2.36. The van der Waals surface area contributed by atoms with Gasteiger partial charge < -0.3 is 9.47 Å². The van der Waals surface area contributed by atoms with Crippen LogP contribution in [0, 0.1) is 0 Å². The molecule has 4 nitrogen and oxygen atoms in total. The molecule has 3 aromatic rings. The second kappa shape index (κ2) is 9.14. The standard InChI is InChI=1S/C22H18BrNO3/c1-2-26-21-15-17(8-7-16-11-13-24-14-12-16)9-10-20(21)27-22(25)18-5-3-4-6-19(18)23/h3-15H,2H2,1H3/b8-7+. The number of esters is 1. The number of carbonyl (C=O) groups is 1. The molecular formula is C22H18BrNO3. The molecular weight excluding hydrogens is 406 g/mol. The van der Waals surface area contributed by atoms with Crippen molar-refractivity contribution in [3.8, 4) is 11.5 Å². The van der Waals surface area contributed by atoms with Crippen LogP contribution in [0.2, 0.25) is 0 Å². The third-order valence-corrected chi connectivity index (χ3v) is 4.43. The average molecular weight is 424 g/mol. The number of rotatable bonds is 6. The molecule has 0 saturated carbocycles. The SMILES string of the molecule is CCOc1cc(/C=C/c2ccncc2)ccc1OC(=O)c1ccccc1Br. The van der Waals surface area contributed by atoms with Gasteiger partial charge >= 0.3 is 5.97 Å². The number of hydrogen-bond acceptors (Lipinski definition) is 4. The average Bonchev–Trinajstić information content (AvgIpc) is 2.69. The van der Waals surface area contributed by atoms with E-state index >= 15 is 0 Å². The number of benzene rings is 2. The summed E-state index contributed by atoms with van der Waals surface area (Å²) in [5, 5.41) is 0. The lowest BCUT2D eigenvalue weighted by molar-refractivity contribution is 0.0727. The minimum absolute atomic E-state index is 0.388. The molecule has 0 bridgehead atoms. The molecule has 3 rings (SSSR count). The van der Waals surface area contributed by atoms with E-state index in [0.717, 1.165) is 11.1 Å². The van der Waals surface area contributed by atoms with Gasteiger partial charge in [-0.3, -0.25) is 4.98 Å². The van der Waals surface area contributed by atoms with E-state index in [4.69, 9.17) is 9.47 Å². The van der Waals surface area contributed by atoms with Crippen molar-refractivity contribution in [2.24, 2.45) is 0 Å². The van der Waals surface area contributed by atoms with E-state index in [9.17, 15) is 4.79 Å². The van der Waals surface area contributed by atoms with Crippen molar-refractivity contribution in [2.75, 3.05) is 6.61 Å². The number of nitrogens with zero attached hydrogens (tertiary/aromatic N) is 1. The molecule has 1 heterocycles. The zero-order valence-corrected chi connectivity index (χ0v) is 16.3. The highest BCUT2D eigenvalue weighted by molar-refractivity contribution is 9.10. The molecule has 0 fully saturated rings. The maximum Gasteiger partial charge on any atom is 0.344 e. The van der Waals surface area contributed by atoms with Gasteiger partial charge in [0.15, 0.2) is 11.5 Å². The summed E-state index contributed by atoms with van der Waals surface area (Å²) in [4.78, 5) is 16.5. The van der Waals surface area contributed by atoms with Gasteiger partial charge in [0.1, 0.15) is 0 Å². The van der Waals surface area contributed by atoms with Crippen LogP contribution in [0.5, 0.6) is 11.5 Å². The van der Waals surface area contributed by atoms with Crippen LogP contribution in [0.3, 0.4) is 0 Å². The van der Waals surface area contributed by atoms with Crippen LogP contribution in [-0.2, 0) is 0 Å². The highest BCUT2D eigenvalue weighted by Gasteiger charge is 2.15. The second-order valence-electron chi connectivity index (χ2n) is 5.62. The van der Waals surface area contributed by atoms with Crippen LogP contribution < -0.4 is 9.47 Å². The summed E-state index contributed by atoms with van der Waals surface area (Å²) in [6.07, 6.45) is 7.45. The number of halogens is 1. The molecule has 1 aromatic heterocycles. The van der Waals surface area contributed by atoms with E-state index in [1.54, 1.807) is 36.7 Å². The van der Waals surface area contributed by atoms with E-state index in [0.29, 0.717) is 28.1 Å². The Labute approximate surface area is 166 Å². The molecule has 0 atom stereocenters. The lowest BCUT2D eigenvalue weighted by Crippen LogP contribution is -2.10. The number of ether oxygens (including phenoxy) is 2. The Morgan fingerprint density at radius 3 is 2.48 bits per heavy atom. The predicted molar refractivity (Wildman–Crippen MR) is 110 cm³/mol. The second-order valence-corrected chi connectivity index (χ2v) is 6.48. The van der Waals surface area contributed by atoms with Crippen molar-refractivity contribution in [2.45, 2.75) is 6.92 Å². The minimum Gasteiger partial charge on any atom is -0.490 e. The Bertz CT molecular complexity index is 955. The number of carbonyl (C=O) groups excluding carboxylic acids is 1. The van der Waals surface area contributed by atoms with Crippen molar-refractivity contribution >= 4 is 34.1 Å². The lowest BCUT2D eigenvalue weighted by Gasteiger charge is -2.12. The Balaban J connectivity index is 1.82. The van der Waals surface area contributed by atoms with Crippen LogP contribution in [0.4, 0.5) is 0 Å². The van der Waals surface area contributed by atoms with Gasteiger partial charge in [0.25, 0.3) is 0 Å². The van der Waals surface area contributed by atoms with Crippen molar-refractivity contribution in [1.29, 1.82) is 0 Å². The smallest absolute Gasteiger partial charge is 0.344 e. The number of aromatic nitrogens is 1. The highest BCUT2D eigenvalue weighted by atomic mass is 79.9. The van der Waals surface area contributed by atoms with Gasteiger partial charge in [-0.1, -0.05) is 30.4 Å². The summed E-state index contributed by atoms with van der Waals surface area (Å²) in [6, 6.07) is 16.5. The predicted octanol–water partition coefficient (Wildman–Crippen LogP) is 5.63. The molecule has 0 N–H and O–H groups in total. The maximum atomic E-state index is 12.5. The van der Waals surface area contributed by atoms with Gasteiger partial charge in [0, 0.05) is 16.9 Å². The summed E-state index contributed by atoms with van der Waals surface area (Å²) in [5.41, 5.74) is 2.45. The fourth-order valence-corrected chi connectivity index (χ4v) is 2.88.